The molecule has 0 bridgehead atoms. The van der Waals surface area contributed by atoms with Crippen LogP contribution in [0.4, 0.5) is 5.69 Å². The lowest BCUT2D eigenvalue weighted by molar-refractivity contribution is 0.297. The highest BCUT2D eigenvalue weighted by molar-refractivity contribution is 5.48. The van der Waals surface area contributed by atoms with E-state index in [-0.39, 0.29) is 0 Å². The van der Waals surface area contributed by atoms with Gasteiger partial charge in [0.1, 0.15) is 5.75 Å². The number of anilines is 1. The maximum atomic E-state index is 5.78. The van der Waals surface area contributed by atoms with Gasteiger partial charge in [-0.15, -0.1) is 0 Å². The topological polar surface area (TPSA) is 28.6 Å². The maximum Gasteiger partial charge on any atom is 0.139 e. The van der Waals surface area contributed by atoms with E-state index in [2.05, 4.69) is 27.9 Å². The Morgan fingerprint density at radius 1 is 1.22 bits per heavy atom. The zero-order chi connectivity index (χ0) is 12.4. The van der Waals surface area contributed by atoms with E-state index in [9.17, 15) is 0 Å². The van der Waals surface area contributed by atoms with Crippen molar-refractivity contribution >= 4 is 5.69 Å². The molecule has 0 atom stereocenters. The van der Waals surface area contributed by atoms with Crippen molar-refractivity contribution < 1.29 is 4.74 Å². The molecule has 2 heterocycles. The number of ether oxygens (including phenoxy) is 1. The molecule has 1 aromatic rings. The molecule has 1 saturated carbocycles. The fourth-order valence-electron chi connectivity index (χ4n) is 2.22. The minimum absolute atomic E-state index is 0.789. The quantitative estimate of drug-likeness (QED) is 0.808. The molecular weight excluding hydrogens is 226 g/mol. The molecule has 0 radical (unpaired) electrons. The van der Waals surface area contributed by atoms with Gasteiger partial charge < -0.3 is 14.5 Å². The molecular formula is C14H21N3O. The van der Waals surface area contributed by atoms with Gasteiger partial charge in [-0.1, -0.05) is 0 Å². The predicted octanol–water partition coefficient (Wildman–Crippen LogP) is 1.62. The maximum absolute atomic E-state index is 5.78. The average Bonchev–Trinajstić information content (AvgIpc) is 3.22. The van der Waals surface area contributed by atoms with Gasteiger partial charge >= 0.3 is 0 Å². The van der Waals surface area contributed by atoms with Crippen LogP contribution in [0.1, 0.15) is 12.8 Å². The molecule has 1 aromatic heterocycles. The van der Waals surface area contributed by atoms with Gasteiger partial charge in [-0.05, 0) is 25.8 Å². The zero-order valence-corrected chi connectivity index (χ0v) is 11.0. The number of hydrogen-bond donors (Lipinski definition) is 0. The Bertz CT molecular complexity index is 398. The first-order valence-corrected chi connectivity index (χ1v) is 6.82. The highest BCUT2D eigenvalue weighted by atomic mass is 16.5. The lowest BCUT2D eigenvalue weighted by Gasteiger charge is -2.33. The van der Waals surface area contributed by atoms with Crippen LogP contribution in [0.15, 0.2) is 18.5 Å². The van der Waals surface area contributed by atoms with Gasteiger partial charge in [0, 0.05) is 32.2 Å². The summed E-state index contributed by atoms with van der Waals surface area (Å²) in [6.07, 6.45) is 6.41. The largest absolute Gasteiger partial charge is 0.492 e. The summed E-state index contributed by atoms with van der Waals surface area (Å²) >= 11 is 0. The molecule has 3 rings (SSSR count). The molecule has 0 aromatic carbocycles. The van der Waals surface area contributed by atoms with Crippen molar-refractivity contribution in [3.63, 3.8) is 0 Å². The van der Waals surface area contributed by atoms with E-state index >= 15 is 0 Å². The van der Waals surface area contributed by atoms with Gasteiger partial charge in [-0.25, -0.2) is 0 Å². The number of rotatable bonds is 4. The van der Waals surface area contributed by atoms with Crippen molar-refractivity contribution in [1.82, 2.24) is 9.88 Å². The summed E-state index contributed by atoms with van der Waals surface area (Å²) < 4.78 is 5.78. The second-order valence-electron chi connectivity index (χ2n) is 5.42. The number of likely N-dealkylation sites (N-methyl/N-ethyl adjacent to an activating group) is 1. The Morgan fingerprint density at radius 3 is 2.72 bits per heavy atom. The number of hydrogen-bond acceptors (Lipinski definition) is 4. The molecule has 1 aliphatic carbocycles. The van der Waals surface area contributed by atoms with Crippen LogP contribution in [-0.4, -0.2) is 49.7 Å². The molecule has 4 heteroatoms. The standard InChI is InChI=1S/C14H21N3O/c1-16-4-6-17(7-5-16)13-8-14(10-15-9-13)18-11-12-2-3-12/h8-10,12H,2-7,11H2,1H3. The molecule has 0 N–H and O–H groups in total. The summed E-state index contributed by atoms with van der Waals surface area (Å²) in [6, 6.07) is 2.13. The van der Waals surface area contributed by atoms with Gasteiger partial charge in [-0.3, -0.25) is 4.98 Å². The van der Waals surface area contributed by atoms with Crippen molar-refractivity contribution in [3.8, 4) is 5.75 Å². The summed E-state index contributed by atoms with van der Waals surface area (Å²) in [4.78, 5) is 9.04. The van der Waals surface area contributed by atoms with E-state index in [1.807, 2.05) is 12.4 Å². The van der Waals surface area contributed by atoms with E-state index in [1.165, 1.54) is 18.5 Å². The Labute approximate surface area is 109 Å². The predicted molar refractivity (Wildman–Crippen MR) is 72.2 cm³/mol. The molecule has 1 aliphatic heterocycles. The van der Waals surface area contributed by atoms with Crippen molar-refractivity contribution in [3.05, 3.63) is 18.5 Å². The second kappa shape index (κ2) is 5.14. The molecule has 1 saturated heterocycles. The van der Waals surface area contributed by atoms with Gasteiger partial charge in [0.25, 0.3) is 0 Å². The molecule has 98 valence electrons. The Hall–Kier alpha value is -1.29. The van der Waals surface area contributed by atoms with Gasteiger partial charge in [0.15, 0.2) is 0 Å². The van der Waals surface area contributed by atoms with Crippen LogP contribution >= 0.6 is 0 Å². The number of pyridine rings is 1. The fourth-order valence-corrected chi connectivity index (χ4v) is 2.22. The molecule has 0 unspecified atom stereocenters. The van der Waals surface area contributed by atoms with Crippen LogP contribution in [0.3, 0.4) is 0 Å². The number of nitrogens with zero attached hydrogens (tertiary/aromatic N) is 3. The van der Waals surface area contributed by atoms with Gasteiger partial charge in [0.2, 0.25) is 0 Å². The van der Waals surface area contributed by atoms with Crippen LogP contribution in [0.25, 0.3) is 0 Å². The SMILES string of the molecule is CN1CCN(c2cncc(OCC3CC3)c2)CC1. The molecule has 0 amide bonds. The highest BCUT2D eigenvalue weighted by Crippen LogP contribution is 2.30. The van der Waals surface area contributed by atoms with Gasteiger partial charge in [-0.2, -0.15) is 0 Å². The normalized spacial score (nSPS) is 21.1. The first-order valence-electron chi connectivity index (χ1n) is 6.82. The average molecular weight is 247 g/mol. The Balaban J connectivity index is 1.62. The Morgan fingerprint density at radius 2 is 2.00 bits per heavy atom. The summed E-state index contributed by atoms with van der Waals surface area (Å²) in [5, 5.41) is 0. The minimum Gasteiger partial charge on any atom is -0.492 e. The van der Waals surface area contributed by atoms with Crippen molar-refractivity contribution in [1.29, 1.82) is 0 Å². The zero-order valence-electron chi connectivity index (χ0n) is 11.0. The van der Waals surface area contributed by atoms with Crippen LogP contribution in [0.5, 0.6) is 5.75 Å². The third kappa shape index (κ3) is 2.93. The monoisotopic (exact) mass is 247 g/mol. The Kier molecular flexibility index (Phi) is 3.37. The lowest BCUT2D eigenvalue weighted by Crippen LogP contribution is -2.44. The summed E-state index contributed by atoms with van der Waals surface area (Å²) in [7, 11) is 2.17. The van der Waals surface area contributed by atoms with Crippen molar-refractivity contribution in [2.45, 2.75) is 12.8 Å². The van der Waals surface area contributed by atoms with Crippen LogP contribution in [-0.2, 0) is 0 Å². The van der Waals surface area contributed by atoms with E-state index in [0.717, 1.165) is 44.5 Å². The highest BCUT2D eigenvalue weighted by Gasteiger charge is 2.22. The summed E-state index contributed by atoms with van der Waals surface area (Å²) in [5.41, 5.74) is 1.19. The van der Waals surface area contributed by atoms with E-state index in [4.69, 9.17) is 4.74 Å². The van der Waals surface area contributed by atoms with Crippen LogP contribution < -0.4 is 9.64 Å². The van der Waals surface area contributed by atoms with E-state index in [0.29, 0.717) is 0 Å². The lowest BCUT2D eigenvalue weighted by atomic mass is 10.3. The molecule has 4 nitrogen and oxygen atoms in total. The van der Waals surface area contributed by atoms with Crippen molar-refractivity contribution in [2.24, 2.45) is 5.92 Å². The summed E-state index contributed by atoms with van der Waals surface area (Å²) in [6.45, 7) is 5.24. The van der Waals surface area contributed by atoms with Gasteiger partial charge in [0.05, 0.1) is 24.7 Å². The van der Waals surface area contributed by atoms with Crippen LogP contribution in [0.2, 0.25) is 0 Å². The molecule has 2 aliphatic rings. The third-order valence-corrected chi connectivity index (χ3v) is 3.75. The number of aromatic nitrogens is 1. The number of piperazine rings is 1. The minimum atomic E-state index is 0.789. The third-order valence-electron chi connectivity index (χ3n) is 3.75. The molecule has 0 spiro atoms. The fraction of sp³-hybridized carbons (Fsp3) is 0.643. The smallest absolute Gasteiger partial charge is 0.139 e. The van der Waals surface area contributed by atoms with Crippen molar-refractivity contribution in [2.75, 3.05) is 44.7 Å². The van der Waals surface area contributed by atoms with E-state index in [1.54, 1.807) is 0 Å². The first kappa shape index (κ1) is 11.8. The molecule has 18 heavy (non-hydrogen) atoms. The van der Waals surface area contributed by atoms with E-state index < -0.39 is 0 Å². The second-order valence-corrected chi connectivity index (χ2v) is 5.42. The molecule has 2 fully saturated rings. The van der Waals surface area contributed by atoms with Crippen LogP contribution in [0, 0.1) is 5.92 Å². The summed E-state index contributed by atoms with van der Waals surface area (Å²) in [5.74, 6) is 1.70. The first-order chi connectivity index (χ1) is 8.81.